The molecule has 1 aromatic carbocycles. The van der Waals surface area contributed by atoms with E-state index in [1.165, 1.54) is 17.8 Å². The molecule has 1 fully saturated rings. The smallest absolute Gasteiger partial charge is 0.253 e. The molecule has 0 saturated carbocycles. The number of amides is 2. The first kappa shape index (κ1) is 20.5. The summed E-state index contributed by atoms with van der Waals surface area (Å²) < 4.78 is 6.95. The molecule has 0 radical (unpaired) electrons. The second kappa shape index (κ2) is 8.55. The lowest BCUT2D eigenvalue weighted by Crippen LogP contribution is -2.49. The molecule has 0 spiro atoms. The maximum Gasteiger partial charge on any atom is 0.253 e. The van der Waals surface area contributed by atoms with Crippen molar-refractivity contribution >= 4 is 29.3 Å². The summed E-state index contributed by atoms with van der Waals surface area (Å²) in [5.41, 5.74) is 2.07. The lowest BCUT2D eigenvalue weighted by Gasteiger charge is -2.43. The van der Waals surface area contributed by atoms with Crippen LogP contribution in [0.1, 0.15) is 28.4 Å². The summed E-state index contributed by atoms with van der Waals surface area (Å²) in [4.78, 5) is 39.7. The highest BCUT2D eigenvalue weighted by atomic mass is 32.2. The van der Waals surface area contributed by atoms with Crippen molar-refractivity contribution in [3.63, 3.8) is 0 Å². The van der Waals surface area contributed by atoms with Crippen molar-refractivity contribution in [2.45, 2.75) is 18.9 Å². The van der Waals surface area contributed by atoms with Gasteiger partial charge in [0.2, 0.25) is 5.91 Å². The summed E-state index contributed by atoms with van der Waals surface area (Å²) in [5.74, 6) is 1.18. The fourth-order valence-electron chi connectivity index (χ4n) is 4.52. The Morgan fingerprint density at radius 1 is 1.13 bits per heavy atom. The molecule has 1 N–H and O–H groups in total. The number of anilines is 1. The molecule has 2 aromatic rings. The molecule has 0 aliphatic carbocycles. The van der Waals surface area contributed by atoms with Crippen molar-refractivity contribution in [3.05, 3.63) is 58.0 Å². The van der Waals surface area contributed by atoms with Crippen LogP contribution in [0, 0.1) is 5.92 Å². The van der Waals surface area contributed by atoms with E-state index in [0.29, 0.717) is 42.4 Å². The van der Waals surface area contributed by atoms with Gasteiger partial charge in [-0.25, -0.2) is 0 Å². The number of likely N-dealkylation sites (tertiary alicyclic amines) is 1. The number of nitrogens with one attached hydrogen (secondary N) is 1. The van der Waals surface area contributed by atoms with E-state index in [9.17, 15) is 14.4 Å². The van der Waals surface area contributed by atoms with E-state index in [1.807, 2.05) is 11.2 Å². The Morgan fingerprint density at radius 3 is 2.60 bits per heavy atom. The van der Waals surface area contributed by atoms with Gasteiger partial charge >= 0.3 is 0 Å². The molecule has 158 valence electrons. The van der Waals surface area contributed by atoms with Crippen LogP contribution in [0.4, 0.5) is 5.69 Å². The molecule has 2 amide bonds. The number of thioether (sulfide) groups is 1. The van der Waals surface area contributed by atoms with Crippen LogP contribution >= 0.6 is 11.8 Å². The summed E-state index contributed by atoms with van der Waals surface area (Å²) in [7, 11) is 1.59. The quantitative estimate of drug-likeness (QED) is 0.793. The standard InChI is InChI=1S/C22H25N3O4S/c1-29-17-5-3-15(4-6-17)22(28)24-10-14-9-16(12-24)21-18(23-19(26)13-30-2)7-8-20(27)25(21)11-14/h3-8,14,16H,9-13H2,1-2H3,(H,23,26). The molecule has 7 nitrogen and oxygen atoms in total. The van der Waals surface area contributed by atoms with Gasteiger partial charge in [-0.2, -0.15) is 11.8 Å². The maximum atomic E-state index is 13.1. The monoisotopic (exact) mass is 427 g/mol. The van der Waals surface area contributed by atoms with Crippen LogP contribution < -0.4 is 15.6 Å². The van der Waals surface area contributed by atoms with Crippen molar-refractivity contribution in [1.82, 2.24) is 9.47 Å². The Morgan fingerprint density at radius 2 is 1.90 bits per heavy atom. The Bertz CT molecular complexity index is 1020. The van der Waals surface area contributed by atoms with Gasteiger partial charge in [-0.15, -0.1) is 0 Å². The molecule has 3 heterocycles. The minimum atomic E-state index is -0.0898. The fourth-order valence-corrected chi connectivity index (χ4v) is 4.85. The van der Waals surface area contributed by atoms with E-state index in [-0.39, 0.29) is 29.2 Å². The van der Waals surface area contributed by atoms with E-state index in [1.54, 1.807) is 42.0 Å². The SMILES string of the molecule is COc1ccc(C(=O)N2CC3CC(C2)c2c(NC(=O)CSC)ccc(=O)n2C3)cc1. The molecule has 2 bridgehead atoms. The molecular formula is C22H25N3O4S. The van der Waals surface area contributed by atoms with Gasteiger partial charge in [-0.05, 0) is 48.9 Å². The van der Waals surface area contributed by atoms with Crippen molar-refractivity contribution in [3.8, 4) is 5.75 Å². The van der Waals surface area contributed by atoms with Crippen LogP contribution in [0.5, 0.6) is 5.75 Å². The van der Waals surface area contributed by atoms with Gasteiger partial charge in [0.1, 0.15) is 5.75 Å². The number of ether oxygens (including phenoxy) is 1. The van der Waals surface area contributed by atoms with Crippen LogP contribution in [0.3, 0.4) is 0 Å². The number of aromatic nitrogens is 1. The second-order valence-electron chi connectivity index (χ2n) is 7.80. The summed E-state index contributed by atoms with van der Waals surface area (Å²) in [6.07, 6.45) is 2.78. The number of methoxy groups -OCH3 is 1. The highest BCUT2D eigenvalue weighted by Crippen LogP contribution is 2.39. The van der Waals surface area contributed by atoms with Gasteiger partial charge < -0.3 is 19.5 Å². The molecule has 2 atom stereocenters. The van der Waals surface area contributed by atoms with Gasteiger partial charge in [-0.1, -0.05) is 0 Å². The molecule has 4 rings (SSSR count). The van der Waals surface area contributed by atoms with Gasteiger partial charge in [0, 0.05) is 42.9 Å². The molecule has 2 aliphatic rings. The summed E-state index contributed by atoms with van der Waals surface area (Å²) in [5, 5.41) is 2.95. The van der Waals surface area contributed by atoms with E-state index in [2.05, 4.69) is 5.32 Å². The predicted molar refractivity (Wildman–Crippen MR) is 117 cm³/mol. The van der Waals surface area contributed by atoms with Crippen LogP contribution in [-0.2, 0) is 11.3 Å². The van der Waals surface area contributed by atoms with Gasteiger partial charge in [0.15, 0.2) is 0 Å². The first-order valence-electron chi connectivity index (χ1n) is 9.96. The zero-order valence-electron chi connectivity index (χ0n) is 17.1. The number of piperidine rings is 1. The molecule has 2 aliphatic heterocycles. The minimum Gasteiger partial charge on any atom is -0.497 e. The number of pyridine rings is 1. The fraction of sp³-hybridized carbons (Fsp3) is 0.409. The molecule has 2 unspecified atom stereocenters. The summed E-state index contributed by atoms with van der Waals surface area (Å²) in [6.45, 7) is 1.70. The number of benzene rings is 1. The minimum absolute atomic E-state index is 0.0122. The van der Waals surface area contributed by atoms with Crippen molar-refractivity contribution < 1.29 is 14.3 Å². The number of nitrogens with zero attached hydrogens (tertiary/aromatic N) is 2. The Labute approximate surface area is 179 Å². The zero-order chi connectivity index (χ0) is 21.3. The predicted octanol–water partition coefficient (Wildman–Crippen LogP) is 2.42. The first-order valence-corrected chi connectivity index (χ1v) is 11.4. The number of hydrogen-bond donors (Lipinski definition) is 1. The molecule has 30 heavy (non-hydrogen) atoms. The normalized spacial score (nSPS) is 19.7. The largest absolute Gasteiger partial charge is 0.497 e. The van der Waals surface area contributed by atoms with Gasteiger partial charge in [-0.3, -0.25) is 14.4 Å². The lowest BCUT2D eigenvalue weighted by atomic mass is 9.82. The third-order valence-electron chi connectivity index (χ3n) is 5.76. The summed E-state index contributed by atoms with van der Waals surface area (Å²) >= 11 is 1.45. The van der Waals surface area contributed by atoms with E-state index in [4.69, 9.17) is 4.74 Å². The second-order valence-corrected chi connectivity index (χ2v) is 8.67. The average molecular weight is 428 g/mol. The molecular weight excluding hydrogens is 402 g/mol. The maximum absolute atomic E-state index is 13.1. The van der Waals surface area contributed by atoms with Crippen molar-refractivity contribution in [2.75, 3.05) is 37.5 Å². The molecule has 8 heteroatoms. The van der Waals surface area contributed by atoms with E-state index < -0.39 is 0 Å². The summed E-state index contributed by atoms with van der Waals surface area (Å²) in [6, 6.07) is 10.3. The lowest BCUT2D eigenvalue weighted by molar-refractivity contribution is -0.113. The Kier molecular flexibility index (Phi) is 5.85. The molecule has 1 saturated heterocycles. The highest BCUT2D eigenvalue weighted by molar-refractivity contribution is 7.99. The van der Waals surface area contributed by atoms with Crippen LogP contribution in [-0.4, -0.2) is 53.5 Å². The van der Waals surface area contributed by atoms with Gasteiger partial charge in [0.05, 0.1) is 18.6 Å². The third-order valence-corrected chi connectivity index (χ3v) is 6.31. The Hall–Kier alpha value is -2.74. The number of rotatable bonds is 5. The number of carbonyl (C=O) groups excluding carboxylic acids is 2. The zero-order valence-corrected chi connectivity index (χ0v) is 17.9. The van der Waals surface area contributed by atoms with Crippen LogP contribution in [0.2, 0.25) is 0 Å². The van der Waals surface area contributed by atoms with Crippen LogP contribution in [0.25, 0.3) is 0 Å². The van der Waals surface area contributed by atoms with Crippen molar-refractivity contribution in [1.29, 1.82) is 0 Å². The average Bonchev–Trinajstić information content (AvgIpc) is 2.75. The topological polar surface area (TPSA) is 80.6 Å². The number of carbonyl (C=O) groups is 2. The molecule has 1 aromatic heterocycles. The number of hydrogen-bond acceptors (Lipinski definition) is 5. The first-order chi connectivity index (χ1) is 14.5. The van der Waals surface area contributed by atoms with Crippen molar-refractivity contribution in [2.24, 2.45) is 5.92 Å². The van der Waals surface area contributed by atoms with Crippen LogP contribution in [0.15, 0.2) is 41.2 Å². The Balaban J connectivity index is 1.61. The van der Waals surface area contributed by atoms with Gasteiger partial charge in [0.25, 0.3) is 11.5 Å². The van der Waals surface area contributed by atoms with E-state index >= 15 is 0 Å². The number of fused-ring (bicyclic) bond motifs is 4. The third kappa shape index (κ3) is 3.96. The van der Waals surface area contributed by atoms with E-state index in [0.717, 1.165) is 12.1 Å². The highest BCUT2D eigenvalue weighted by Gasteiger charge is 2.38.